The zero-order chi connectivity index (χ0) is 19.5. The van der Waals surface area contributed by atoms with Gasteiger partial charge in [-0.25, -0.2) is 0 Å². The van der Waals surface area contributed by atoms with Crippen LogP contribution >= 0.6 is 0 Å². The number of hydrogen-bond acceptors (Lipinski definition) is 5. The van der Waals surface area contributed by atoms with Crippen LogP contribution in [-0.4, -0.2) is 27.1 Å². The van der Waals surface area contributed by atoms with E-state index < -0.39 is 10.8 Å². The van der Waals surface area contributed by atoms with Gasteiger partial charge in [-0.15, -0.1) is 0 Å². The van der Waals surface area contributed by atoms with Crippen molar-refractivity contribution in [2.45, 2.75) is 38.1 Å². The number of amides is 1. The Morgan fingerprint density at radius 2 is 1.79 bits per heavy atom. The first kappa shape index (κ1) is 18.0. The summed E-state index contributed by atoms with van der Waals surface area (Å²) in [5.41, 5.74) is 2.29. The number of fused-ring (bicyclic) bond motifs is 1. The molecule has 1 amide bonds. The first-order chi connectivity index (χ1) is 13.6. The van der Waals surface area contributed by atoms with Crippen LogP contribution in [0.5, 0.6) is 0 Å². The summed E-state index contributed by atoms with van der Waals surface area (Å²) in [4.78, 5) is 23.1. The number of carbonyl (C=O) groups is 1. The lowest BCUT2D eigenvalue weighted by Gasteiger charge is -2.23. The molecule has 0 unspecified atom stereocenters. The minimum absolute atomic E-state index is 0.0823. The first-order valence-corrected chi connectivity index (χ1v) is 9.40. The second-order valence-corrected chi connectivity index (χ2v) is 7.07. The molecule has 0 saturated heterocycles. The normalized spacial score (nSPS) is 14.7. The highest BCUT2D eigenvalue weighted by Gasteiger charge is 2.18. The molecule has 0 radical (unpaired) electrons. The Labute approximate surface area is 161 Å². The van der Waals surface area contributed by atoms with E-state index in [1.165, 1.54) is 44.2 Å². The predicted octanol–water partition coefficient (Wildman–Crippen LogP) is 4.47. The maximum Gasteiger partial charge on any atom is 0.276 e. The van der Waals surface area contributed by atoms with Crippen LogP contribution in [0.25, 0.3) is 10.9 Å². The molecular formula is C20H21N5O3. The summed E-state index contributed by atoms with van der Waals surface area (Å²) in [6, 6.07) is 12.3. The Balaban J connectivity index is 1.46. The third-order valence-corrected chi connectivity index (χ3v) is 5.09. The second-order valence-electron chi connectivity index (χ2n) is 7.07. The minimum Gasteiger partial charge on any atom is -0.382 e. The van der Waals surface area contributed by atoms with Gasteiger partial charge in [0.2, 0.25) is 0 Å². The van der Waals surface area contributed by atoms with Crippen molar-refractivity contribution in [1.29, 1.82) is 0 Å². The molecule has 3 aromatic rings. The fraction of sp³-hybridized carbons (Fsp3) is 0.300. The van der Waals surface area contributed by atoms with Crippen molar-refractivity contribution in [3.63, 3.8) is 0 Å². The number of nitro groups is 1. The molecule has 4 rings (SSSR count). The first-order valence-electron chi connectivity index (χ1n) is 9.40. The van der Waals surface area contributed by atoms with E-state index in [0.29, 0.717) is 22.6 Å². The maximum absolute atomic E-state index is 12.6. The number of anilines is 2. The van der Waals surface area contributed by atoms with E-state index in [0.717, 1.165) is 5.69 Å². The molecule has 0 spiro atoms. The predicted molar refractivity (Wildman–Crippen MR) is 108 cm³/mol. The van der Waals surface area contributed by atoms with E-state index in [-0.39, 0.29) is 11.4 Å². The Morgan fingerprint density at radius 1 is 1.07 bits per heavy atom. The standard InChI is InChI=1S/C20H21N5O3/c26-20(19-17-12-16(25(27)28)10-11-18(17)23-24-19)22-15-8-6-14(7-9-15)21-13-4-2-1-3-5-13/h6-13,21H,1-5H2,(H,22,26)(H,23,24). The van der Waals surface area contributed by atoms with Gasteiger partial charge in [-0.1, -0.05) is 19.3 Å². The van der Waals surface area contributed by atoms with Crippen molar-refractivity contribution in [2.75, 3.05) is 10.6 Å². The van der Waals surface area contributed by atoms with Crippen LogP contribution in [0.2, 0.25) is 0 Å². The summed E-state index contributed by atoms with van der Waals surface area (Å²) in [5.74, 6) is -0.417. The lowest BCUT2D eigenvalue weighted by Crippen LogP contribution is -2.22. The van der Waals surface area contributed by atoms with Crippen LogP contribution in [0.15, 0.2) is 42.5 Å². The highest BCUT2D eigenvalue weighted by Crippen LogP contribution is 2.24. The summed E-state index contributed by atoms with van der Waals surface area (Å²) < 4.78 is 0. The number of nitrogens with zero attached hydrogens (tertiary/aromatic N) is 2. The molecule has 1 heterocycles. The second kappa shape index (κ2) is 7.67. The van der Waals surface area contributed by atoms with Crippen molar-refractivity contribution < 1.29 is 9.72 Å². The molecule has 1 fully saturated rings. The van der Waals surface area contributed by atoms with Crippen molar-refractivity contribution in [1.82, 2.24) is 10.2 Å². The van der Waals surface area contributed by atoms with E-state index >= 15 is 0 Å². The van der Waals surface area contributed by atoms with Gasteiger partial charge in [0.25, 0.3) is 11.6 Å². The smallest absolute Gasteiger partial charge is 0.276 e. The van der Waals surface area contributed by atoms with Crippen LogP contribution in [0.4, 0.5) is 17.1 Å². The number of hydrogen-bond donors (Lipinski definition) is 3. The monoisotopic (exact) mass is 379 g/mol. The van der Waals surface area contributed by atoms with Gasteiger partial charge in [0.15, 0.2) is 5.69 Å². The molecule has 3 N–H and O–H groups in total. The van der Waals surface area contributed by atoms with E-state index in [2.05, 4.69) is 20.8 Å². The summed E-state index contributed by atoms with van der Waals surface area (Å²) in [5, 5.41) is 24.5. The quantitative estimate of drug-likeness (QED) is 0.447. The molecule has 1 aliphatic rings. The molecule has 8 heteroatoms. The number of aromatic nitrogens is 2. The van der Waals surface area contributed by atoms with Crippen LogP contribution in [-0.2, 0) is 0 Å². The van der Waals surface area contributed by atoms with E-state index in [1.54, 1.807) is 6.07 Å². The van der Waals surface area contributed by atoms with Gasteiger partial charge in [-0.2, -0.15) is 5.10 Å². The summed E-state index contributed by atoms with van der Waals surface area (Å²) in [7, 11) is 0. The topological polar surface area (TPSA) is 113 Å². The van der Waals surface area contributed by atoms with Gasteiger partial charge in [-0.05, 0) is 43.2 Å². The van der Waals surface area contributed by atoms with Gasteiger partial charge in [0.1, 0.15) is 0 Å². The molecule has 1 aliphatic carbocycles. The van der Waals surface area contributed by atoms with Crippen molar-refractivity contribution in [3.05, 3.63) is 58.3 Å². The van der Waals surface area contributed by atoms with Crippen molar-refractivity contribution in [2.24, 2.45) is 0 Å². The molecule has 0 bridgehead atoms. The van der Waals surface area contributed by atoms with Gasteiger partial charge in [-0.3, -0.25) is 20.0 Å². The average Bonchev–Trinajstić information content (AvgIpc) is 3.13. The summed E-state index contributed by atoms with van der Waals surface area (Å²) >= 11 is 0. The van der Waals surface area contributed by atoms with Crippen LogP contribution in [0.3, 0.4) is 0 Å². The molecule has 0 atom stereocenters. The van der Waals surface area contributed by atoms with Gasteiger partial charge in [0.05, 0.1) is 10.4 Å². The maximum atomic E-state index is 12.6. The summed E-state index contributed by atoms with van der Waals surface area (Å²) in [6.45, 7) is 0. The number of non-ortho nitro benzene ring substituents is 1. The number of H-pyrrole nitrogens is 1. The Bertz CT molecular complexity index is 1010. The third-order valence-electron chi connectivity index (χ3n) is 5.09. The van der Waals surface area contributed by atoms with Crippen molar-refractivity contribution in [3.8, 4) is 0 Å². The summed E-state index contributed by atoms with van der Waals surface area (Å²) in [6.07, 6.45) is 6.23. The minimum atomic E-state index is -0.494. The Hall–Kier alpha value is -3.42. The molecule has 2 aromatic carbocycles. The molecule has 0 aliphatic heterocycles. The Kier molecular flexibility index (Phi) is 4.92. The van der Waals surface area contributed by atoms with E-state index in [1.807, 2.05) is 24.3 Å². The lowest BCUT2D eigenvalue weighted by molar-refractivity contribution is -0.384. The molecule has 1 aromatic heterocycles. The zero-order valence-corrected chi connectivity index (χ0v) is 15.3. The van der Waals surface area contributed by atoms with Crippen molar-refractivity contribution >= 4 is 33.9 Å². The molecule has 8 nitrogen and oxygen atoms in total. The van der Waals surface area contributed by atoms with Gasteiger partial charge >= 0.3 is 0 Å². The largest absolute Gasteiger partial charge is 0.382 e. The number of aromatic amines is 1. The fourth-order valence-electron chi connectivity index (χ4n) is 3.61. The zero-order valence-electron chi connectivity index (χ0n) is 15.3. The van der Waals surface area contributed by atoms with E-state index in [4.69, 9.17) is 0 Å². The van der Waals surface area contributed by atoms with Crippen LogP contribution in [0, 0.1) is 10.1 Å². The number of carbonyl (C=O) groups excluding carboxylic acids is 1. The third kappa shape index (κ3) is 3.80. The fourth-order valence-corrected chi connectivity index (χ4v) is 3.61. The van der Waals surface area contributed by atoms with Crippen LogP contribution in [0.1, 0.15) is 42.6 Å². The molecule has 28 heavy (non-hydrogen) atoms. The lowest BCUT2D eigenvalue weighted by atomic mass is 9.95. The highest BCUT2D eigenvalue weighted by molar-refractivity contribution is 6.11. The molecule has 1 saturated carbocycles. The van der Waals surface area contributed by atoms with E-state index in [9.17, 15) is 14.9 Å². The van der Waals surface area contributed by atoms with Gasteiger partial charge in [0, 0.05) is 34.9 Å². The SMILES string of the molecule is O=C(Nc1ccc(NC2CCCCC2)cc1)c1n[nH]c2ccc([N+](=O)[O-])cc12. The molecular weight excluding hydrogens is 358 g/mol. The Morgan fingerprint density at radius 3 is 2.50 bits per heavy atom. The van der Waals surface area contributed by atoms with Crippen LogP contribution < -0.4 is 10.6 Å². The highest BCUT2D eigenvalue weighted by atomic mass is 16.6. The number of benzene rings is 2. The number of rotatable bonds is 5. The van der Waals surface area contributed by atoms with Gasteiger partial charge < -0.3 is 10.6 Å². The number of nitro benzene ring substituents is 1. The average molecular weight is 379 g/mol. The molecule has 144 valence electrons. The number of nitrogens with one attached hydrogen (secondary N) is 3.